The maximum absolute atomic E-state index is 8.83. The first kappa shape index (κ1) is 12.0. The third kappa shape index (κ3) is 2.52. The van der Waals surface area contributed by atoms with Crippen LogP contribution in [-0.2, 0) is 6.54 Å². The lowest BCUT2D eigenvalue weighted by Gasteiger charge is -2.02. The fraction of sp³-hybridized carbons (Fsp3) is 0.0714. The van der Waals surface area contributed by atoms with Crippen LogP contribution >= 0.6 is 0 Å². The summed E-state index contributed by atoms with van der Waals surface area (Å²) in [5, 5.41) is 15.8. The molecule has 3 rings (SSSR count). The van der Waals surface area contributed by atoms with Crippen molar-refractivity contribution in [2.24, 2.45) is 0 Å². The van der Waals surface area contributed by atoms with E-state index in [1.54, 1.807) is 30.5 Å². The lowest BCUT2D eigenvalue weighted by molar-refractivity contribution is 0.382. The van der Waals surface area contributed by atoms with Crippen molar-refractivity contribution >= 4 is 5.69 Å². The normalized spacial score (nSPS) is 10.2. The minimum Gasteiger partial charge on any atom is -0.461 e. The number of nitrogens with one attached hydrogen (secondary N) is 1. The summed E-state index contributed by atoms with van der Waals surface area (Å²) >= 11 is 0. The third-order valence-corrected chi connectivity index (χ3v) is 2.65. The molecule has 0 aliphatic carbocycles. The van der Waals surface area contributed by atoms with Crippen molar-refractivity contribution in [2.45, 2.75) is 6.54 Å². The molecule has 6 heteroatoms. The van der Waals surface area contributed by atoms with Gasteiger partial charge in [-0.05, 0) is 30.3 Å². The highest BCUT2D eigenvalue weighted by atomic mass is 16.5. The molecule has 0 amide bonds. The molecule has 0 unspecified atom stereocenters. The molecule has 1 N–H and O–H groups in total. The fourth-order valence-corrected chi connectivity index (χ4v) is 1.71. The van der Waals surface area contributed by atoms with Gasteiger partial charge in [0.1, 0.15) is 0 Å². The Hall–Kier alpha value is -3.07. The summed E-state index contributed by atoms with van der Waals surface area (Å²) in [5.74, 6) is 1.42. The first-order valence-electron chi connectivity index (χ1n) is 5.95. The van der Waals surface area contributed by atoms with Crippen molar-refractivity contribution in [3.05, 3.63) is 54.1 Å². The summed E-state index contributed by atoms with van der Waals surface area (Å²) in [4.78, 5) is 4.21. The quantitative estimate of drug-likeness (QED) is 0.781. The maximum Gasteiger partial charge on any atom is 0.246 e. The molecule has 0 aliphatic heterocycles. The Morgan fingerprint density at radius 2 is 2.20 bits per heavy atom. The van der Waals surface area contributed by atoms with Crippen molar-refractivity contribution in [1.29, 1.82) is 5.26 Å². The Kier molecular flexibility index (Phi) is 3.17. The van der Waals surface area contributed by atoms with Crippen molar-refractivity contribution in [2.75, 3.05) is 5.32 Å². The van der Waals surface area contributed by atoms with Crippen LogP contribution in [0.4, 0.5) is 5.69 Å². The highest BCUT2D eigenvalue weighted by molar-refractivity contribution is 5.49. The van der Waals surface area contributed by atoms with E-state index in [2.05, 4.69) is 21.5 Å². The molecular formula is C14H10N4O2. The molecule has 3 aromatic rings. The molecular weight excluding hydrogens is 256 g/mol. The molecule has 0 saturated carbocycles. The lowest BCUT2D eigenvalue weighted by Crippen LogP contribution is -1.99. The minimum atomic E-state index is 0.378. The summed E-state index contributed by atoms with van der Waals surface area (Å²) in [6.45, 7) is 0.378. The topological polar surface area (TPSA) is 87.9 Å². The number of nitriles is 1. The molecule has 20 heavy (non-hydrogen) atoms. The monoisotopic (exact) mass is 266 g/mol. The van der Waals surface area contributed by atoms with Gasteiger partial charge in [-0.15, -0.1) is 0 Å². The molecule has 0 fully saturated rings. The number of hydrogen-bond donors (Lipinski definition) is 1. The van der Waals surface area contributed by atoms with E-state index in [4.69, 9.17) is 14.2 Å². The van der Waals surface area contributed by atoms with E-state index in [-0.39, 0.29) is 0 Å². The molecule has 0 saturated heterocycles. The largest absolute Gasteiger partial charge is 0.461 e. The van der Waals surface area contributed by atoms with Crippen LogP contribution in [0.3, 0.4) is 0 Å². The number of nitrogens with zero attached hydrogens (tertiary/aromatic N) is 3. The average molecular weight is 266 g/mol. The minimum absolute atomic E-state index is 0.378. The second-order valence-electron chi connectivity index (χ2n) is 4.04. The lowest BCUT2D eigenvalue weighted by atomic mass is 10.2. The molecule has 0 aliphatic rings. The Morgan fingerprint density at radius 1 is 1.25 bits per heavy atom. The van der Waals surface area contributed by atoms with Gasteiger partial charge in [0.05, 0.1) is 24.4 Å². The highest BCUT2D eigenvalue weighted by Gasteiger charge is 2.10. The maximum atomic E-state index is 8.83. The number of aromatic nitrogens is 2. The van der Waals surface area contributed by atoms with Gasteiger partial charge in [-0.25, -0.2) is 0 Å². The molecule has 0 spiro atoms. The molecule has 1 aromatic carbocycles. The molecule has 2 heterocycles. The summed E-state index contributed by atoms with van der Waals surface area (Å²) < 4.78 is 10.3. The van der Waals surface area contributed by atoms with Crippen molar-refractivity contribution in [1.82, 2.24) is 10.1 Å². The Balaban J connectivity index is 1.68. The second-order valence-corrected chi connectivity index (χ2v) is 4.04. The first-order valence-corrected chi connectivity index (χ1v) is 5.95. The van der Waals surface area contributed by atoms with E-state index < -0.39 is 0 Å². The summed E-state index contributed by atoms with van der Waals surface area (Å²) in [5.41, 5.74) is 1.42. The number of hydrogen-bond acceptors (Lipinski definition) is 6. The van der Waals surface area contributed by atoms with E-state index in [0.717, 1.165) is 5.69 Å². The molecule has 0 bridgehead atoms. The Morgan fingerprint density at radius 3 is 3.00 bits per heavy atom. The Bertz CT molecular complexity index is 741. The number of anilines is 1. The third-order valence-electron chi connectivity index (χ3n) is 2.65. The van der Waals surface area contributed by atoms with Gasteiger partial charge in [-0.1, -0.05) is 11.2 Å². The second kappa shape index (κ2) is 5.28. The summed E-state index contributed by atoms with van der Waals surface area (Å²) in [6.07, 6.45) is 1.55. The predicted octanol–water partition coefficient (Wildman–Crippen LogP) is 2.81. The van der Waals surface area contributed by atoms with Gasteiger partial charge in [0.25, 0.3) is 0 Å². The van der Waals surface area contributed by atoms with E-state index >= 15 is 0 Å². The van der Waals surface area contributed by atoms with Crippen LogP contribution in [0.15, 0.2) is 51.6 Å². The standard InChI is InChI=1S/C14H10N4O2/c15-8-10-3-1-4-11(7-10)16-9-13-17-14(18-20-13)12-5-2-6-19-12/h1-7,16H,9H2. The van der Waals surface area contributed by atoms with Crippen molar-refractivity contribution < 1.29 is 8.94 Å². The first-order chi connectivity index (χ1) is 9.85. The molecule has 0 atom stereocenters. The van der Waals surface area contributed by atoms with E-state index in [1.807, 2.05) is 12.1 Å². The SMILES string of the molecule is N#Cc1cccc(NCc2nc(-c3ccco3)no2)c1. The van der Waals surface area contributed by atoms with Crippen LogP contribution in [0.2, 0.25) is 0 Å². The predicted molar refractivity (Wildman–Crippen MR) is 70.5 cm³/mol. The van der Waals surface area contributed by atoms with E-state index in [9.17, 15) is 0 Å². The van der Waals surface area contributed by atoms with E-state index in [0.29, 0.717) is 29.6 Å². The fourth-order valence-electron chi connectivity index (χ4n) is 1.71. The van der Waals surface area contributed by atoms with Crippen LogP contribution in [-0.4, -0.2) is 10.1 Å². The van der Waals surface area contributed by atoms with Crippen LogP contribution in [0, 0.1) is 11.3 Å². The molecule has 2 aromatic heterocycles. The number of rotatable bonds is 4. The highest BCUT2D eigenvalue weighted by Crippen LogP contribution is 2.16. The van der Waals surface area contributed by atoms with Gasteiger partial charge < -0.3 is 14.3 Å². The number of benzene rings is 1. The summed E-state index contributed by atoms with van der Waals surface area (Å²) in [6, 6.07) is 12.8. The van der Waals surface area contributed by atoms with Gasteiger partial charge in [0.15, 0.2) is 5.76 Å². The number of furan rings is 1. The van der Waals surface area contributed by atoms with Gasteiger partial charge in [-0.3, -0.25) is 0 Å². The van der Waals surface area contributed by atoms with E-state index in [1.165, 1.54) is 0 Å². The zero-order valence-electron chi connectivity index (χ0n) is 10.4. The van der Waals surface area contributed by atoms with Crippen molar-refractivity contribution in [3.8, 4) is 17.7 Å². The molecule has 0 radical (unpaired) electrons. The zero-order valence-corrected chi connectivity index (χ0v) is 10.4. The smallest absolute Gasteiger partial charge is 0.246 e. The zero-order chi connectivity index (χ0) is 13.8. The van der Waals surface area contributed by atoms with Crippen LogP contribution < -0.4 is 5.32 Å². The van der Waals surface area contributed by atoms with Crippen molar-refractivity contribution in [3.63, 3.8) is 0 Å². The average Bonchev–Trinajstić information content (AvgIpc) is 3.16. The van der Waals surface area contributed by atoms with Gasteiger partial charge in [0.2, 0.25) is 11.7 Å². The molecule has 6 nitrogen and oxygen atoms in total. The van der Waals surface area contributed by atoms with Crippen LogP contribution in [0.1, 0.15) is 11.5 Å². The van der Waals surface area contributed by atoms with Gasteiger partial charge in [-0.2, -0.15) is 10.2 Å². The summed E-state index contributed by atoms with van der Waals surface area (Å²) in [7, 11) is 0. The molecule has 98 valence electrons. The Labute approximate surface area is 114 Å². The van der Waals surface area contributed by atoms with Crippen LogP contribution in [0.5, 0.6) is 0 Å². The van der Waals surface area contributed by atoms with Gasteiger partial charge in [0, 0.05) is 5.69 Å². The van der Waals surface area contributed by atoms with Gasteiger partial charge >= 0.3 is 0 Å². The van der Waals surface area contributed by atoms with Crippen LogP contribution in [0.25, 0.3) is 11.6 Å².